The molecule has 0 aliphatic carbocycles. The maximum atomic E-state index is 13.4. The van der Waals surface area contributed by atoms with E-state index >= 15 is 0 Å². The number of amidine groups is 1. The van der Waals surface area contributed by atoms with Crippen LogP contribution in [0.5, 0.6) is 0 Å². The fourth-order valence-corrected chi connectivity index (χ4v) is 3.64. The highest BCUT2D eigenvalue weighted by molar-refractivity contribution is 6.28. The number of benzene rings is 3. The Morgan fingerprint density at radius 2 is 1.42 bits per heavy atom. The summed E-state index contributed by atoms with van der Waals surface area (Å²) in [4.78, 5) is 19.5. The van der Waals surface area contributed by atoms with Gasteiger partial charge in [0.25, 0.3) is 5.91 Å². The summed E-state index contributed by atoms with van der Waals surface area (Å²) in [5, 5.41) is 4.82. The minimum atomic E-state index is -0.168. The molecule has 1 aromatic heterocycles. The number of nitrogens with zero attached hydrogens (tertiary/aromatic N) is 4. The van der Waals surface area contributed by atoms with Crippen LogP contribution in [0.3, 0.4) is 0 Å². The zero-order valence-electron chi connectivity index (χ0n) is 17.0. The molecule has 0 saturated heterocycles. The van der Waals surface area contributed by atoms with Gasteiger partial charge in [-0.25, -0.2) is 14.6 Å². The van der Waals surface area contributed by atoms with Crippen LogP contribution in [0.2, 0.25) is 0 Å². The fourth-order valence-electron chi connectivity index (χ4n) is 3.64. The number of carbonyl (C=O) groups is 1. The number of aliphatic imine (C=N–C) groups is 1. The Hall–Kier alpha value is -4.25. The first-order chi connectivity index (χ1) is 15.2. The van der Waals surface area contributed by atoms with Crippen molar-refractivity contribution in [3.05, 3.63) is 108 Å². The number of hydrogen-bond donors (Lipinski definition) is 0. The first-order valence-corrected chi connectivity index (χ1v) is 10.1. The molecular formula is C26H20N4O. The molecule has 2 heterocycles. The molecule has 31 heavy (non-hydrogen) atoms. The maximum Gasteiger partial charge on any atom is 0.283 e. The molecule has 5 nitrogen and oxygen atoms in total. The number of hydrogen-bond acceptors (Lipinski definition) is 3. The third-order valence-electron chi connectivity index (χ3n) is 5.12. The lowest BCUT2D eigenvalue weighted by atomic mass is 10.1. The Labute approximate surface area is 180 Å². The zero-order chi connectivity index (χ0) is 21.2. The van der Waals surface area contributed by atoms with Gasteiger partial charge >= 0.3 is 0 Å². The van der Waals surface area contributed by atoms with Gasteiger partial charge in [-0.2, -0.15) is 5.10 Å². The molecule has 1 aliphatic rings. The summed E-state index contributed by atoms with van der Waals surface area (Å²) in [7, 11) is 0. The molecule has 150 valence electrons. The smallest absolute Gasteiger partial charge is 0.266 e. The lowest BCUT2D eigenvalue weighted by Gasteiger charge is -2.17. The van der Waals surface area contributed by atoms with Crippen molar-refractivity contribution in [2.24, 2.45) is 4.99 Å². The van der Waals surface area contributed by atoms with Gasteiger partial charge in [-0.15, -0.1) is 0 Å². The highest BCUT2D eigenvalue weighted by Crippen LogP contribution is 2.31. The van der Waals surface area contributed by atoms with Gasteiger partial charge in [0.2, 0.25) is 0 Å². The quantitative estimate of drug-likeness (QED) is 0.431. The Bertz CT molecular complexity index is 1290. The number of aromatic nitrogens is 2. The average molecular weight is 404 g/mol. The van der Waals surface area contributed by atoms with Crippen molar-refractivity contribution in [1.29, 1.82) is 0 Å². The van der Waals surface area contributed by atoms with Crippen molar-refractivity contribution in [3.8, 4) is 16.9 Å². The van der Waals surface area contributed by atoms with Gasteiger partial charge in [0.1, 0.15) is 17.4 Å². The molecule has 0 fully saturated rings. The van der Waals surface area contributed by atoms with E-state index in [4.69, 9.17) is 5.10 Å². The Balaban J connectivity index is 1.61. The predicted octanol–water partition coefficient (Wildman–Crippen LogP) is 5.35. The second-order valence-corrected chi connectivity index (χ2v) is 7.24. The highest BCUT2D eigenvalue weighted by atomic mass is 16.2. The summed E-state index contributed by atoms with van der Waals surface area (Å²) in [6.07, 6.45) is 1.81. The summed E-state index contributed by atoms with van der Waals surface area (Å²) >= 11 is 0. The van der Waals surface area contributed by atoms with Gasteiger partial charge in [0.05, 0.1) is 11.4 Å². The number of para-hydroxylation sites is 1. The summed E-state index contributed by atoms with van der Waals surface area (Å²) in [6.45, 7) is 1.84. The van der Waals surface area contributed by atoms with E-state index in [-0.39, 0.29) is 5.91 Å². The summed E-state index contributed by atoms with van der Waals surface area (Å²) in [6, 6.07) is 31.4. The van der Waals surface area contributed by atoms with Gasteiger partial charge < -0.3 is 0 Å². The van der Waals surface area contributed by atoms with E-state index in [1.807, 2.05) is 110 Å². The van der Waals surface area contributed by atoms with Crippen LogP contribution in [0.25, 0.3) is 23.0 Å². The largest absolute Gasteiger partial charge is 0.283 e. The van der Waals surface area contributed by atoms with E-state index in [1.165, 1.54) is 0 Å². The molecule has 5 rings (SSSR count). The molecule has 3 aromatic carbocycles. The van der Waals surface area contributed by atoms with Crippen molar-refractivity contribution in [2.45, 2.75) is 6.92 Å². The third-order valence-corrected chi connectivity index (χ3v) is 5.12. The molecule has 1 aliphatic heterocycles. The van der Waals surface area contributed by atoms with E-state index < -0.39 is 0 Å². The van der Waals surface area contributed by atoms with Crippen molar-refractivity contribution in [1.82, 2.24) is 9.78 Å². The van der Waals surface area contributed by atoms with E-state index in [0.29, 0.717) is 17.4 Å². The molecule has 0 bridgehead atoms. The van der Waals surface area contributed by atoms with Crippen molar-refractivity contribution in [2.75, 3.05) is 4.90 Å². The summed E-state index contributed by atoms with van der Waals surface area (Å²) in [5.41, 5.74) is 4.00. The molecule has 0 spiro atoms. The highest BCUT2D eigenvalue weighted by Gasteiger charge is 2.32. The molecule has 0 atom stereocenters. The normalized spacial score (nSPS) is 14.9. The minimum Gasteiger partial charge on any atom is -0.266 e. The number of carbonyl (C=O) groups excluding carboxylic acids is 1. The maximum absolute atomic E-state index is 13.4. The first-order valence-electron chi connectivity index (χ1n) is 10.1. The second-order valence-electron chi connectivity index (χ2n) is 7.24. The topological polar surface area (TPSA) is 50.5 Å². The van der Waals surface area contributed by atoms with Crippen molar-refractivity contribution < 1.29 is 4.79 Å². The molecular weight excluding hydrogens is 384 g/mol. The molecule has 5 heteroatoms. The van der Waals surface area contributed by atoms with Crippen LogP contribution in [0.4, 0.5) is 5.82 Å². The molecule has 0 radical (unpaired) electrons. The Morgan fingerprint density at radius 3 is 2.10 bits per heavy atom. The first kappa shape index (κ1) is 18.8. The molecule has 0 unspecified atom stereocenters. The van der Waals surface area contributed by atoms with Gasteiger partial charge in [-0.3, -0.25) is 4.79 Å². The van der Waals surface area contributed by atoms with Gasteiger partial charge in [0, 0.05) is 11.6 Å². The summed E-state index contributed by atoms with van der Waals surface area (Å²) < 4.78 is 1.80. The van der Waals surface area contributed by atoms with Crippen molar-refractivity contribution >= 4 is 23.6 Å². The Morgan fingerprint density at radius 1 is 0.806 bits per heavy atom. The Kier molecular flexibility index (Phi) is 4.77. The zero-order valence-corrected chi connectivity index (χ0v) is 17.0. The van der Waals surface area contributed by atoms with Crippen LogP contribution >= 0.6 is 0 Å². The molecule has 1 amide bonds. The van der Waals surface area contributed by atoms with Gasteiger partial charge in [-0.05, 0) is 30.7 Å². The number of rotatable bonds is 4. The number of amides is 1. The van der Waals surface area contributed by atoms with Crippen LogP contribution in [-0.2, 0) is 4.79 Å². The summed E-state index contributed by atoms with van der Waals surface area (Å²) in [5.74, 6) is 1.11. The lowest BCUT2D eigenvalue weighted by molar-refractivity contribution is -0.113. The lowest BCUT2D eigenvalue weighted by Crippen LogP contribution is -2.32. The molecule has 0 N–H and O–H groups in total. The fraction of sp³-hybridized carbons (Fsp3) is 0.0385. The van der Waals surface area contributed by atoms with E-state index in [0.717, 1.165) is 22.5 Å². The average Bonchev–Trinajstić information content (AvgIpc) is 3.36. The SMILES string of the molecule is CC1=N/C(=C/c2ccccc2)C(=O)N1c1cc(-c2ccccc2)nn1-c1ccccc1. The van der Waals surface area contributed by atoms with E-state index in [2.05, 4.69) is 4.99 Å². The van der Waals surface area contributed by atoms with Crippen LogP contribution in [0.1, 0.15) is 12.5 Å². The van der Waals surface area contributed by atoms with Gasteiger partial charge in [0.15, 0.2) is 0 Å². The van der Waals surface area contributed by atoms with Crippen LogP contribution in [-0.4, -0.2) is 21.5 Å². The van der Waals surface area contributed by atoms with Crippen LogP contribution < -0.4 is 4.90 Å². The monoisotopic (exact) mass is 404 g/mol. The third kappa shape index (κ3) is 3.57. The predicted molar refractivity (Wildman–Crippen MR) is 124 cm³/mol. The van der Waals surface area contributed by atoms with E-state index in [1.54, 1.807) is 9.58 Å². The van der Waals surface area contributed by atoms with Crippen molar-refractivity contribution in [3.63, 3.8) is 0 Å². The van der Waals surface area contributed by atoms with Crippen LogP contribution in [0, 0.1) is 0 Å². The molecule has 4 aromatic rings. The number of anilines is 1. The minimum absolute atomic E-state index is 0.168. The van der Waals surface area contributed by atoms with Crippen LogP contribution in [0.15, 0.2) is 108 Å². The standard InChI is InChI=1S/C26H20N4O/c1-19-27-24(17-20-11-5-2-6-12-20)26(31)29(19)25-18-23(21-13-7-3-8-14-21)28-30(25)22-15-9-4-10-16-22/h2-18H,1H3/b24-17+. The van der Waals surface area contributed by atoms with E-state index in [9.17, 15) is 4.79 Å². The second kappa shape index (κ2) is 7.88. The van der Waals surface area contributed by atoms with Gasteiger partial charge in [-0.1, -0.05) is 78.9 Å². The molecule has 0 saturated carbocycles.